The molecule has 1 atom stereocenters. The van der Waals surface area contributed by atoms with Gasteiger partial charge in [-0.15, -0.1) is 0 Å². The molecule has 2 N–H and O–H groups in total. The van der Waals surface area contributed by atoms with Gasteiger partial charge in [-0.3, -0.25) is 9.59 Å². The van der Waals surface area contributed by atoms with Gasteiger partial charge in [-0.25, -0.2) is 0 Å². The van der Waals surface area contributed by atoms with Gasteiger partial charge < -0.3 is 15.2 Å². The molecule has 0 aliphatic heterocycles. The van der Waals surface area contributed by atoms with Gasteiger partial charge in [-0.1, -0.05) is 0 Å². The predicted octanol–water partition coefficient (Wildman–Crippen LogP) is 2.83. The van der Waals surface area contributed by atoms with Gasteiger partial charge >= 0.3 is 0 Å². The van der Waals surface area contributed by atoms with Gasteiger partial charge in [0.05, 0.1) is 6.61 Å². The summed E-state index contributed by atoms with van der Waals surface area (Å²) >= 11 is 0. The highest BCUT2D eigenvalue weighted by Crippen LogP contribution is 2.17. The Bertz CT molecular complexity index is 677. The number of ether oxygens (including phenoxy) is 2. The maximum Gasteiger partial charge on any atom is 0.248 e. The normalized spacial score (nSPS) is 11.6. The van der Waals surface area contributed by atoms with Crippen molar-refractivity contribution in [3.8, 4) is 11.5 Å². The molecule has 2 rings (SSSR count). The Hall–Kier alpha value is -2.82. The molecule has 0 unspecified atom stereocenters. The molecule has 2 aromatic rings. The average molecular weight is 313 g/mol. The van der Waals surface area contributed by atoms with Crippen LogP contribution >= 0.6 is 0 Å². The number of amides is 1. The third-order valence-corrected chi connectivity index (χ3v) is 3.27. The van der Waals surface area contributed by atoms with E-state index >= 15 is 0 Å². The lowest BCUT2D eigenvalue weighted by Gasteiger charge is -2.14. The van der Waals surface area contributed by atoms with E-state index < -0.39 is 12.0 Å². The van der Waals surface area contributed by atoms with E-state index in [1.807, 2.05) is 6.92 Å². The Morgan fingerprint density at radius 1 is 0.957 bits per heavy atom. The largest absolute Gasteiger partial charge is 0.494 e. The third-order valence-electron chi connectivity index (χ3n) is 3.27. The number of carbonyl (C=O) groups excluding carboxylic acids is 2. The van der Waals surface area contributed by atoms with Crippen LogP contribution in [0.25, 0.3) is 0 Å². The maximum atomic E-state index is 12.4. The number of rotatable bonds is 7. The van der Waals surface area contributed by atoms with Crippen LogP contribution < -0.4 is 15.2 Å². The zero-order chi connectivity index (χ0) is 16.8. The summed E-state index contributed by atoms with van der Waals surface area (Å²) in [5.41, 5.74) is 6.12. The number of primary amides is 1. The molecule has 5 nitrogen and oxygen atoms in total. The predicted molar refractivity (Wildman–Crippen MR) is 87.0 cm³/mol. The second-order valence-electron chi connectivity index (χ2n) is 4.97. The molecule has 0 aromatic heterocycles. The van der Waals surface area contributed by atoms with Gasteiger partial charge in [-0.05, 0) is 62.4 Å². The van der Waals surface area contributed by atoms with Crippen molar-refractivity contribution < 1.29 is 19.1 Å². The number of hydrogen-bond donors (Lipinski definition) is 1. The van der Waals surface area contributed by atoms with Crippen molar-refractivity contribution in [1.82, 2.24) is 0 Å². The Kier molecular flexibility index (Phi) is 5.36. The number of benzene rings is 2. The van der Waals surface area contributed by atoms with Crippen LogP contribution in [-0.2, 0) is 0 Å². The van der Waals surface area contributed by atoms with Crippen molar-refractivity contribution in [3.05, 3.63) is 59.7 Å². The number of Topliss-reactive ketones (excluding diaryl/α,β-unsaturated/α-hetero) is 1. The fourth-order valence-electron chi connectivity index (χ4n) is 2.07. The van der Waals surface area contributed by atoms with Crippen LogP contribution in [0.3, 0.4) is 0 Å². The first kappa shape index (κ1) is 16.5. The molecule has 5 heteroatoms. The van der Waals surface area contributed by atoms with E-state index in [9.17, 15) is 9.59 Å². The van der Waals surface area contributed by atoms with Crippen molar-refractivity contribution in [1.29, 1.82) is 0 Å². The number of ketones is 1. The summed E-state index contributed by atoms with van der Waals surface area (Å²) in [6, 6.07) is 13.3. The van der Waals surface area contributed by atoms with Crippen LogP contribution in [-0.4, -0.2) is 24.4 Å². The molecule has 0 saturated heterocycles. The topological polar surface area (TPSA) is 78.6 Å². The molecule has 2 aromatic carbocycles. The van der Waals surface area contributed by atoms with E-state index in [4.69, 9.17) is 15.2 Å². The van der Waals surface area contributed by atoms with Gasteiger partial charge in [0.25, 0.3) is 0 Å². The minimum atomic E-state index is -0.646. The number of hydrogen-bond acceptors (Lipinski definition) is 4. The minimum absolute atomic E-state index is 0.132. The second-order valence-corrected chi connectivity index (χ2v) is 4.97. The molecule has 0 saturated carbocycles. The molecule has 0 aliphatic carbocycles. The first-order chi connectivity index (χ1) is 11.0. The Morgan fingerprint density at radius 2 is 1.48 bits per heavy atom. The zero-order valence-corrected chi connectivity index (χ0v) is 13.1. The SMILES string of the molecule is CCOc1ccc(C(=O)[C@@H](C)Oc2ccc(C(N)=O)cc2)cc1. The smallest absolute Gasteiger partial charge is 0.248 e. The molecule has 0 spiro atoms. The summed E-state index contributed by atoms with van der Waals surface area (Å²) in [5.74, 6) is 0.587. The van der Waals surface area contributed by atoms with Gasteiger partial charge in [0, 0.05) is 11.1 Å². The maximum absolute atomic E-state index is 12.4. The first-order valence-electron chi connectivity index (χ1n) is 7.35. The molecule has 0 fully saturated rings. The molecule has 0 bridgehead atoms. The average Bonchev–Trinajstić information content (AvgIpc) is 2.55. The van der Waals surface area contributed by atoms with Crippen LogP contribution in [0.4, 0.5) is 0 Å². The third kappa shape index (κ3) is 4.32. The van der Waals surface area contributed by atoms with E-state index in [-0.39, 0.29) is 5.78 Å². The zero-order valence-electron chi connectivity index (χ0n) is 13.1. The van der Waals surface area contributed by atoms with E-state index in [0.717, 1.165) is 5.75 Å². The molecule has 0 heterocycles. The lowest BCUT2D eigenvalue weighted by Crippen LogP contribution is -2.24. The highest BCUT2D eigenvalue weighted by molar-refractivity contribution is 5.99. The van der Waals surface area contributed by atoms with Gasteiger partial charge in [0.15, 0.2) is 6.10 Å². The molecule has 0 aliphatic rings. The fourth-order valence-corrected chi connectivity index (χ4v) is 2.07. The van der Waals surface area contributed by atoms with Gasteiger partial charge in [0.1, 0.15) is 11.5 Å². The molecule has 23 heavy (non-hydrogen) atoms. The molecule has 120 valence electrons. The summed E-state index contributed by atoms with van der Waals surface area (Å²) in [5, 5.41) is 0. The molecule has 0 radical (unpaired) electrons. The van der Waals surface area contributed by atoms with Crippen LogP contribution in [0, 0.1) is 0 Å². The second kappa shape index (κ2) is 7.45. The van der Waals surface area contributed by atoms with Gasteiger partial charge in [-0.2, -0.15) is 0 Å². The Balaban J connectivity index is 2.02. The van der Waals surface area contributed by atoms with E-state index in [0.29, 0.717) is 23.5 Å². The van der Waals surface area contributed by atoms with Crippen LogP contribution in [0.5, 0.6) is 11.5 Å². The van der Waals surface area contributed by atoms with Crippen LogP contribution in [0.15, 0.2) is 48.5 Å². The first-order valence-corrected chi connectivity index (χ1v) is 7.35. The van der Waals surface area contributed by atoms with Crippen LogP contribution in [0.1, 0.15) is 34.6 Å². The summed E-state index contributed by atoms with van der Waals surface area (Å²) in [6.45, 7) is 4.16. The molecular formula is C18H19NO4. The minimum Gasteiger partial charge on any atom is -0.494 e. The highest BCUT2D eigenvalue weighted by Gasteiger charge is 2.17. The van der Waals surface area contributed by atoms with E-state index in [1.165, 1.54) is 0 Å². The number of carbonyl (C=O) groups is 2. The highest BCUT2D eigenvalue weighted by atomic mass is 16.5. The van der Waals surface area contributed by atoms with Crippen molar-refractivity contribution in [2.24, 2.45) is 5.73 Å². The summed E-state index contributed by atoms with van der Waals surface area (Å²) in [7, 11) is 0. The van der Waals surface area contributed by atoms with Crippen molar-refractivity contribution in [2.75, 3.05) is 6.61 Å². The van der Waals surface area contributed by atoms with E-state index in [1.54, 1.807) is 55.5 Å². The van der Waals surface area contributed by atoms with Gasteiger partial charge in [0.2, 0.25) is 11.7 Å². The monoisotopic (exact) mass is 313 g/mol. The van der Waals surface area contributed by atoms with Crippen molar-refractivity contribution in [2.45, 2.75) is 20.0 Å². The Morgan fingerprint density at radius 3 is 2.00 bits per heavy atom. The fraction of sp³-hybridized carbons (Fsp3) is 0.222. The standard InChI is InChI=1S/C18H19NO4/c1-3-22-15-8-4-13(5-9-15)17(20)12(2)23-16-10-6-14(7-11-16)18(19)21/h4-12H,3H2,1-2H3,(H2,19,21)/t12-/m1/s1. The van der Waals surface area contributed by atoms with Crippen LogP contribution in [0.2, 0.25) is 0 Å². The van der Waals surface area contributed by atoms with Crippen molar-refractivity contribution in [3.63, 3.8) is 0 Å². The summed E-state index contributed by atoms with van der Waals surface area (Å²) in [4.78, 5) is 23.4. The lowest BCUT2D eigenvalue weighted by molar-refractivity contribution is 0.0817. The molecular weight excluding hydrogens is 294 g/mol. The Labute approximate surface area is 135 Å². The summed E-state index contributed by atoms with van der Waals surface area (Å²) in [6.07, 6.45) is -0.646. The quantitative estimate of drug-likeness (QED) is 0.797. The molecule has 1 amide bonds. The van der Waals surface area contributed by atoms with Crippen molar-refractivity contribution >= 4 is 11.7 Å². The summed E-state index contributed by atoms with van der Waals surface area (Å²) < 4.78 is 11.0. The number of nitrogens with two attached hydrogens (primary N) is 1. The van der Waals surface area contributed by atoms with E-state index in [2.05, 4.69) is 0 Å². The lowest BCUT2D eigenvalue weighted by atomic mass is 10.1.